The number of aryl methyl sites for hydroxylation is 2. The van der Waals surface area contributed by atoms with Crippen LogP contribution in [0.3, 0.4) is 0 Å². The lowest BCUT2D eigenvalue weighted by Crippen LogP contribution is -2.38. The first-order valence-corrected chi connectivity index (χ1v) is 11.1. The monoisotopic (exact) mass is 449 g/mol. The molecule has 2 rings (SSSR count). The Morgan fingerprint density at radius 3 is 2.03 bits per heavy atom. The van der Waals surface area contributed by atoms with Crippen LogP contribution in [0.2, 0.25) is 0 Å². The quantitative estimate of drug-likeness (QED) is 0.605. The second-order valence-electron chi connectivity index (χ2n) is 8.07. The van der Waals surface area contributed by atoms with Crippen LogP contribution in [0.1, 0.15) is 43.9 Å². The van der Waals surface area contributed by atoms with E-state index in [1.807, 2.05) is 6.92 Å². The fraction of sp³-hybridized carbons (Fsp3) is 0.364. The van der Waals surface area contributed by atoms with Gasteiger partial charge in [0.25, 0.3) is 0 Å². The van der Waals surface area contributed by atoms with Crippen LogP contribution < -0.4 is 0 Å². The van der Waals surface area contributed by atoms with E-state index in [4.69, 9.17) is 14.1 Å². The number of amides is 1. The van der Waals surface area contributed by atoms with Crippen molar-refractivity contribution in [1.29, 1.82) is 0 Å². The van der Waals surface area contributed by atoms with E-state index in [1.165, 1.54) is 12.1 Å². The van der Waals surface area contributed by atoms with Gasteiger partial charge < -0.3 is 9.84 Å². The molecule has 0 aromatic heterocycles. The zero-order valence-corrected chi connectivity index (χ0v) is 18.8. The molecule has 0 unspecified atom stereocenters. The molecular formula is C22H27NO7S. The number of carboxylic acid groups (broad SMARTS) is 1. The molecule has 1 N–H and O–H groups in total. The lowest BCUT2D eigenvalue weighted by molar-refractivity contribution is -0.136. The Balaban J connectivity index is 2.23. The van der Waals surface area contributed by atoms with E-state index in [0.29, 0.717) is 17.0 Å². The molecule has 0 bridgehead atoms. The lowest BCUT2D eigenvalue weighted by atomic mass is 10.1. The average Bonchev–Trinajstić information content (AvgIpc) is 2.65. The predicted molar refractivity (Wildman–Crippen MR) is 114 cm³/mol. The zero-order valence-electron chi connectivity index (χ0n) is 18.0. The van der Waals surface area contributed by atoms with Crippen LogP contribution in [0.4, 0.5) is 4.79 Å². The Labute approximate surface area is 182 Å². The van der Waals surface area contributed by atoms with Crippen LogP contribution in [-0.2, 0) is 36.9 Å². The van der Waals surface area contributed by atoms with E-state index in [-0.39, 0.29) is 17.9 Å². The Kier molecular flexibility index (Phi) is 7.80. The smallest absolute Gasteiger partial charge is 0.435 e. The number of hydrogen-bond acceptors (Lipinski definition) is 6. The number of aliphatic carboxylic acids is 1. The minimum absolute atomic E-state index is 0.00127. The number of hydroxylamine groups is 2. The highest BCUT2D eigenvalue weighted by Gasteiger charge is 2.29. The van der Waals surface area contributed by atoms with Crippen molar-refractivity contribution in [3.8, 4) is 0 Å². The van der Waals surface area contributed by atoms with E-state index in [9.17, 15) is 18.0 Å². The molecule has 2 aromatic rings. The number of benzene rings is 2. The minimum Gasteiger partial charge on any atom is -0.481 e. The van der Waals surface area contributed by atoms with E-state index < -0.39 is 27.8 Å². The summed E-state index contributed by atoms with van der Waals surface area (Å²) in [6, 6.07) is 12.9. The van der Waals surface area contributed by atoms with Gasteiger partial charge in [-0.05, 0) is 57.4 Å². The van der Waals surface area contributed by atoms with Gasteiger partial charge in [-0.3, -0.25) is 4.79 Å². The molecule has 0 aliphatic heterocycles. The normalized spacial score (nSPS) is 11.7. The molecule has 9 heteroatoms. The summed E-state index contributed by atoms with van der Waals surface area (Å²) >= 11 is 0. The molecule has 0 atom stereocenters. The van der Waals surface area contributed by atoms with Gasteiger partial charge in [0.05, 0.1) is 11.4 Å². The number of carbonyl (C=O) groups excluding carboxylic acids is 1. The molecule has 8 nitrogen and oxygen atoms in total. The van der Waals surface area contributed by atoms with Crippen LogP contribution in [0.5, 0.6) is 0 Å². The highest BCUT2D eigenvalue weighted by molar-refractivity contribution is 7.86. The summed E-state index contributed by atoms with van der Waals surface area (Å²) in [5, 5.41) is 9.45. The van der Waals surface area contributed by atoms with Crippen molar-refractivity contribution >= 4 is 22.2 Å². The topological polar surface area (TPSA) is 110 Å². The van der Waals surface area contributed by atoms with Crippen molar-refractivity contribution in [3.05, 3.63) is 65.2 Å². The second-order valence-corrected chi connectivity index (χ2v) is 9.60. The Morgan fingerprint density at radius 2 is 1.52 bits per heavy atom. The molecule has 2 aromatic carbocycles. The molecule has 0 radical (unpaired) electrons. The van der Waals surface area contributed by atoms with Gasteiger partial charge in [-0.15, -0.1) is 4.28 Å². The summed E-state index contributed by atoms with van der Waals surface area (Å²) in [6.45, 7) is 6.63. The van der Waals surface area contributed by atoms with Gasteiger partial charge in [-0.25, -0.2) is 4.79 Å². The van der Waals surface area contributed by atoms with Crippen LogP contribution in [0, 0.1) is 6.92 Å². The van der Waals surface area contributed by atoms with Crippen LogP contribution in [0.15, 0.2) is 53.4 Å². The molecule has 0 fully saturated rings. The Hall–Kier alpha value is -2.91. The van der Waals surface area contributed by atoms with Gasteiger partial charge in [0, 0.05) is 6.42 Å². The number of carboxylic acids is 1. The van der Waals surface area contributed by atoms with Crippen molar-refractivity contribution in [2.24, 2.45) is 0 Å². The largest absolute Gasteiger partial charge is 0.481 e. The standard InChI is InChI=1S/C22H27NO7S/c1-16-5-12-19(13-6-16)31(27,28)30-23(21(26)29-22(2,3)4)15-18-9-7-17(8-10-18)11-14-20(24)25/h5-10,12-13H,11,14-15H2,1-4H3,(H,24,25). The Bertz CT molecular complexity index is 1010. The van der Waals surface area contributed by atoms with Crippen LogP contribution in [0.25, 0.3) is 0 Å². The van der Waals surface area contributed by atoms with Crippen molar-refractivity contribution in [3.63, 3.8) is 0 Å². The third-order valence-electron chi connectivity index (χ3n) is 4.07. The maximum atomic E-state index is 12.7. The second kappa shape index (κ2) is 9.93. The maximum absolute atomic E-state index is 12.7. The van der Waals surface area contributed by atoms with Crippen LogP contribution >= 0.6 is 0 Å². The third-order valence-corrected chi connectivity index (χ3v) is 5.30. The summed E-state index contributed by atoms with van der Waals surface area (Å²) in [6.07, 6.45) is -0.580. The fourth-order valence-corrected chi connectivity index (χ4v) is 3.43. The number of ether oxygens (including phenoxy) is 1. The third kappa shape index (κ3) is 8.03. The van der Waals surface area contributed by atoms with E-state index in [2.05, 4.69) is 0 Å². The number of hydrogen-bond donors (Lipinski definition) is 1. The summed E-state index contributed by atoms with van der Waals surface area (Å²) in [5.74, 6) is -0.894. The summed E-state index contributed by atoms with van der Waals surface area (Å²) in [7, 11) is -4.26. The fourth-order valence-electron chi connectivity index (χ4n) is 2.53. The van der Waals surface area contributed by atoms with Crippen molar-refractivity contribution in [1.82, 2.24) is 5.06 Å². The van der Waals surface area contributed by atoms with E-state index in [1.54, 1.807) is 57.2 Å². The first kappa shape index (κ1) is 24.4. The predicted octanol–water partition coefficient (Wildman–Crippen LogP) is 4.07. The average molecular weight is 450 g/mol. The van der Waals surface area contributed by atoms with E-state index >= 15 is 0 Å². The van der Waals surface area contributed by atoms with Crippen molar-refractivity contribution < 1.29 is 32.1 Å². The number of nitrogens with zero attached hydrogens (tertiary/aromatic N) is 1. The number of rotatable bonds is 8. The zero-order chi connectivity index (χ0) is 23.2. The Morgan fingerprint density at radius 1 is 0.968 bits per heavy atom. The first-order chi connectivity index (χ1) is 14.4. The van der Waals surface area contributed by atoms with Crippen LogP contribution in [-0.4, -0.2) is 36.3 Å². The molecule has 31 heavy (non-hydrogen) atoms. The highest BCUT2D eigenvalue weighted by Crippen LogP contribution is 2.20. The van der Waals surface area contributed by atoms with E-state index in [0.717, 1.165) is 11.1 Å². The summed E-state index contributed by atoms with van der Waals surface area (Å²) in [4.78, 5) is 23.2. The molecule has 0 saturated heterocycles. The van der Waals surface area contributed by atoms with Gasteiger partial charge in [0.15, 0.2) is 0 Å². The number of carbonyl (C=O) groups is 2. The molecule has 0 heterocycles. The molecule has 0 aliphatic carbocycles. The first-order valence-electron chi connectivity index (χ1n) is 9.67. The SMILES string of the molecule is Cc1ccc(S(=O)(=O)ON(Cc2ccc(CCC(=O)O)cc2)C(=O)OC(C)(C)C)cc1. The van der Waals surface area contributed by atoms with Gasteiger partial charge in [-0.1, -0.05) is 42.0 Å². The molecule has 0 spiro atoms. The molecule has 1 amide bonds. The molecule has 0 saturated carbocycles. The maximum Gasteiger partial charge on any atom is 0.435 e. The molecule has 168 valence electrons. The van der Waals surface area contributed by atoms with Gasteiger partial charge in [0.1, 0.15) is 5.60 Å². The van der Waals surface area contributed by atoms with Crippen molar-refractivity contribution in [2.75, 3.05) is 0 Å². The van der Waals surface area contributed by atoms with Gasteiger partial charge in [0.2, 0.25) is 0 Å². The minimum atomic E-state index is -4.26. The molecule has 0 aliphatic rings. The summed E-state index contributed by atoms with van der Waals surface area (Å²) in [5.41, 5.74) is 1.42. The van der Waals surface area contributed by atoms with Gasteiger partial charge >= 0.3 is 22.2 Å². The van der Waals surface area contributed by atoms with Gasteiger partial charge in [-0.2, -0.15) is 13.5 Å². The highest BCUT2D eigenvalue weighted by atomic mass is 32.2. The summed E-state index contributed by atoms with van der Waals surface area (Å²) < 4.78 is 35.8. The van der Waals surface area contributed by atoms with Crippen molar-refractivity contribution in [2.45, 2.75) is 57.6 Å². The lowest BCUT2D eigenvalue weighted by Gasteiger charge is -2.26. The molecular weight excluding hydrogens is 422 g/mol.